The van der Waals surface area contributed by atoms with E-state index < -0.39 is 0 Å². The molecule has 3 aromatic rings. The summed E-state index contributed by atoms with van der Waals surface area (Å²) in [5, 5.41) is 9.72. The molecule has 2 N–H and O–H groups in total. The van der Waals surface area contributed by atoms with Gasteiger partial charge in [0.25, 0.3) is 5.91 Å². The zero-order valence-corrected chi connectivity index (χ0v) is 14.6. The molecule has 8 heteroatoms. The van der Waals surface area contributed by atoms with Crippen LogP contribution in [-0.2, 0) is 17.8 Å². The van der Waals surface area contributed by atoms with E-state index >= 15 is 0 Å². The van der Waals surface area contributed by atoms with Crippen molar-refractivity contribution >= 4 is 33.3 Å². The van der Waals surface area contributed by atoms with Crippen LogP contribution >= 0.6 is 11.3 Å². The third-order valence-corrected chi connectivity index (χ3v) is 5.49. The molecular formula is C18H15N5O2S. The van der Waals surface area contributed by atoms with Crippen LogP contribution in [0.2, 0.25) is 0 Å². The monoisotopic (exact) mass is 365 g/mol. The van der Waals surface area contributed by atoms with E-state index in [4.69, 9.17) is 15.7 Å². The Morgan fingerprint density at radius 3 is 2.92 bits per heavy atom. The zero-order valence-electron chi connectivity index (χ0n) is 13.8. The SMILES string of the molecule is N#Cc1ccc(OCC(=O)N2CCc3c(sc4ncnc(N)c34)C2)cc1. The number of amides is 1. The number of thiophene rings is 1. The molecule has 1 aliphatic rings. The Morgan fingerprint density at radius 2 is 2.15 bits per heavy atom. The quantitative estimate of drug-likeness (QED) is 0.762. The molecule has 0 saturated heterocycles. The molecule has 0 unspecified atom stereocenters. The first-order chi connectivity index (χ1) is 12.7. The fourth-order valence-electron chi connectivity index (χ4n) is 3.03. The van der Waals surface area contributed by atoms with Crippen LogP contribution in [0.15, 0.2) is 30.6 Å². The number of nitrogens with zero attached hydrogens (tertiary/aromatic N) is 4. The van der Waals surface area contributed by atoms with Crippen molar-refractivity contribution in [2.75, 3.05) is 18.9 Å². The van der Waals surface area contributed by atoms with Gasteiger partial charge in [0.1, 0.15) is 22.7 Å². The maximum Gasteiger partial charge on any atom is 0.260 e. The average molecular weight is 365 g/mol. The average Bonchev–Trinajstić information content (AvgIpc) is 3.05. The summed E-state index contributed by atoms with van der Waals surface area (Å²) < 4.78 is 5.55. The van der Waals surface area contributed by atoms with Gasteiger partial charge < -0.3 is 15.4 Å². The fraction of sp³-hybridized carbons (Fsp3) is 0.222. The number of nitrogen functional groups attached to an aromatic ring is 1. The van der Waals surface area contributed by atoms with Gasteiger partial charge in [-0.2, -0.15) is 5.26 Å². The molecule has 26 heavy (non-hydrogen) atoms. The number of carbonyl (C=O) groups is 1. The molecular weight excluding hydrogens is 350 g/mol. The number of hydrogen-bond donors (Lipinski definition) is 1. The first-order valence-electron chi connectivity index (χ1n) is 8.07. The van der Waals surface area contributed by atoms with E-state index in [9.17, 15) is 4.79 Å². The van der Waals surface area contributed by atoms with Gasteiger partial charge in [-0.1, -0.05) is 0 Å². The molecule has 0 saturated carbocycles. The molecule has 7 nitrogen and oxygen atoms in total. The molecule has 0 atom stereocenters. The second-order valence-electron chi connectivity index (χ2n) is 5.93. The molecule has 1 amide bonds. The van der Waals surface area contributed by atoms with Crippen molar-refractivity contribution in [2.24, 2.45) is 0 Å². The summed E-state index contributed by atoms with van der Waals surface area (Å²) in [5.74, 6) is 0.993. The van der Waals surface area contributed by atoms with Crippen molar-refractivity contribution in [2.45, 2.75) is 13.0 Å². The van der Waals surface area contributed by atoms with Gasteiger partial charge in [-0.25, -0.2) is 9.97 Å². The molecule has 3 heterocycles. The lowest BCUT2D eigenvalue weighted by Gasteiger charge is -2.27. The maximum atomic E-state index is 12.5. The highest BCUT2D eigenvalue weighted by atomic mass is 32.1. The van der Waals surface area contributed by atoms with Gasteiger partial charge in [0.05, 0.1) is 23.6 Å². The minimum atomic E-state index is -0.0727. The molecule has 130 valence electrons. The Bertz CT molecular complexity index is 1020. The second kappa shape index (κ2) is 6.61. The summed E-state index contributed by atoms with van der Waals surface area (Å²) in [6, 6.07) is 8.75. The highest BCUT2D eigenvalue weighted by molar-refractivity contribution is 7.19. The Balaban J connectivity index is 1.44. The zero-order chi connectivity index (χ0) is 18.1. The summed E-state index contributed by atoms with van der Waals surface area (Å²) in [5.41, 5.74) is 7.69. The molecule has 4 rings (SSSR count). The number of anilines is 1. The number of fused-ring (bicyclic) bond motifs is 3. The van der Waals surface area contributed by atoms with Gasteiger partial charge in [-0.3, -0.25) is 4.79 Å². The number of ether oxygens (including phenoxy) is 1. The number of nitriles is 1. The summed E-state index contributed by atoms with van der Waals surface area (Å²) in [7, 11) is 0. The van der Waals surface area contributed by atoms with Crippen LogP contribution in [0.1, 0.15) is 16.0 Å². The Morgan fingerprint density at radius 1 is 1.35 bits per heavy atom. The van der Waals surface area contributed by atoms with E-state index in [0.717, 1.165) is 27.1 Å². The fourth-order valence-corrected chi connectivity index (χ4v) is 4.24. The first kappa shape index (κ1) is 16.3. The maximum absolute atomic E-state index is 12.5. The lowest BCUT2D eigenvalue weighted by Crippen LogP contribution is -2.38. The molecule has 0 radical (unpaired) electrons. The van der Waals surface area contributed by atoms with Crippen LogP contribution in [0.5, 0.6) is 5.75 Å². The van der Waals surface area contributed by atoms with E-state index in [-0.39, 0.29) is 12.5 Å². The van der Waals surface area contributed by atoms with Crippen molar-refractivity contribution in [1.82, 2.24) is 14.9 Å². The Kier molecular flexibility index (Phi) is 4.14. The minimum absolute atomic E-state index is 0.0337. The van der Waals surface area contributed by atoms with E-state index in [0.29, 0.717) is 30.2 Å². The highest BCUT2D eigenvalue weighted by Gasteiger charge is 2.26. The van der Waals surface area contributed by atoms with Crippen LogP contribution in [-0.4, -0.2) is 33.9 Å². The molecule has 0 spiro atoms. The highest BCUT2D eigenvalue weighted by Crippen LogP contribution is 2.36. The van der Waals surface area contributed by atoms with Crippen LogP contribution in [0.3, 0.4) is 0 Å². The molecule has 1 aliphatic heterocycles. The van der Waals surface area contributed by atoms with Gasteiger partial charge in [-0.05, 0) is 36.2 Å². The van der Waals surface area contributed by atoms with Crippen LogP contribution in [0.4, 0.5) is 5.82 Å². The lowest BCUT2D eigenvalue weighted by molar-refractivity contribution is -0.134. The van der Waals surface area contributed by atoms with Crippen molar-refractivity contribution in [3.05, 3.63) is 46.6 Å². The van der Waals surface area contributed by atoms with Crippen molar-refractivity contribution in [1.29, 1.82) is 5.26 Å². The van der Waals surface area contributed by atoms with Crippen molar-refractivity contribution < 1.29 is 9.53 Å². The van der Waals surface area contributed by atoms with Gasteiger partial charge >= 0.3 is 0 Å². The van der Waals surface area contributed by atoms with E-state index in [1.807, 2.05) is 6.07 Å². The number of nitrogens with two attached hydrogens (primary N) is 1. The predicted molar refractivity (Wildman–Crippen MR) is 97.6 cm³/mol. The molecule has 0 bridgehead atoms. The number of benzene rings is 1. The minimum Gasteiger partial charge on any atom is -0.484 e. The summed E-state index contributed by atoms with van der Waals surface area (Å²) in [6.45, 7) is 1.11. The van der Waals surface area contributed by atoms with E-state index in [1.54, 1.807) is 40.5 Å². The first-order valence-corrected chi connectivity index (χ1v) is 8.89. The number of aromatic nitrogens is 2. The topological polar surface area (TPSA) is 105 Å². The smallest absolute Gasteiger partial charge is 0.260 e. The van der Waals surface area contributed by atoms with Gasteiger partial charge in [0.2, 0.25) is 0 Å². The largest absolute Gasteiger partial charge is 0.484 e. The number of hydrogen-bond acceptors (Lipinski definition) is 7. The van der Waals surface area contributed by atoms with E-state index in [1.165, 1.54) is 6.33 Å². The summed E-state index contributed by atoms with van der Waals surface area (Å²) in [6.07, 6.45) is 2.20. The summed E-state index contributed by atoms with van der Waals surface area (Å²) >= 11 is 1.56. The van der Waals surface area contributed by atoms with E-state index in [2.05, 4.69) is 9.97 Å². The number of carbonyl (C=O) groups excluding carboxylic acids is 1. The second-order valence-corrected chi connectivity index (χ2v) is 7.02. The Hall–Kier alpha value is -3.18. The van der Waals surface area contributed by atoms with Gasteiger partial charge in [-0.15, -0.1) is 11.3 Å². The standard InChI is InChI=1S/C18H15N5O2S/c19-7-11-1-3-12(4-2-11)25-9-15(24)23-6-5-13-14(8-23)26-18-16(13)17(20)21-10-22-18/h1-4,10H,5-6,8-9H2,(H2,20,21,22). The molecule has 1 aromatic carbocycles. The van der Waals surface area contributed by atoms with Gasteiger partial charge in [0, 0.05) is 11.4 Å². The third-order valence-electron chi connectivity index (χ3n) is 4.36. The number of rotatable bonds is 3. The van der Waals surface area contributed by atoms with Crippen LogP contribution in [0, 0.1) is 11.3 Å². The van der Waals surface area contributed by atoms with Gasteiger partial charge in [0.15, 0.2) is 6.61 Å². The van der Waals surface area contributed by atoms with Crippen molar-refractivity contribution in [3.8, 4) is 11.8 Å². The lowest BCUT2D eigenvalue weighted by atomic mass is 10.1. The normalized spacial score (nSPS) is 13.3. The molecule has 2 aromatic heterocycles. The van der Waals surface area contributed by atoms with Crippen LogP contribution < -0.4 is 10.5 Å². The third kappa shape index (κ3) is 2.93. The Labute approximate surface area is 153 Å². The predicted octanol–water partition coefficient (Wildman–Crippen LogP) is 2.11. The van der Waals surface area contributed by atoms with Crippen LogP contribution in [0.25, 0.3) is 10.2 Å². The summed E-state index contributed by atoms with van der Waals surface area (Å²) in [4.78, 5) is 24.6. The molecule has 0 fully saturated rings. The van der Waals surface area contributed by atoms with Crippen molar-refractivity contribution in [3.63, 3.8) is 0 Å². The molecule has 0 aliphatic carbocycles.